The van der Waals surface area contributed by atoms with E-state index in [0.29, 0.717) is 22.3 Å². The first-order valence-corrected chi connectivity index (χ1v) is 8.16. The van der Waals surface area contributed by atoms with Crippen molar-refractivity contribution in [3.63, 3.8) is 0 Å². The van der Waals surface area contributed by atoms with Crippen LogP contribution < -0.4 is 16.6 Å². The van der Waals surface area contributed by atoms with E-state index >= 15 is 0 Å². The number of nitrogens with one attached hydrogen (secondary N) is 3. The van der Waals surface area contributed by atoms with E-state index < -0.39 is 5.69 Å². The van der Waals surface area contributed by atoms with Crippen LogP contribution in [-0.2, 0) is 13.0 Å². The lowest BCUT2D eigenvalue weighted by atomic mass is 10.1. The van der Waals surface area contributed by atoms with Crippen molar-refractivity contribution in [1.82, 2.24) is 19.7 Å². The zero-order chi connectivity index (χ0) is 18.0. The number of carbonyl (C=O) groups excluding carboxylic acids is 1. The van der Waals surface area contributed by atoms with Gasteiger partial charge in [-0.1, -0.05) is 13.3 Å². The molecule has 0 aliphatic heterocycles. The quantitative estimate of drug-likeness (QED) is 0.654. The van der Waals surface area contributed by atoms with Crippen molar-refractivity contribution in [1.29, 1.82) is 0 Å². The molecule has 8 heteroatoms. The molecule has 0 atom stereocenters. The van der Waals surface area contributed by atoms with Crippen LogP contribution in [0.5, 0.6) is 0 Å². The summed E-state index contributed by atoms with van der Waals surface area (Å²) in [6.45, 7) is 4.06. The Labute approximate surface area is 142 Å². The number of fused-ring (bicyclic) bond motifs is 1. The van der Waals surface area contributed by atoms with Crippen molar-refractivity contribution < 1.29 is 4.79 Å². The molecule has 0 unspecified atom stereocenters. The van der Waals surface area contributed by atoms with Crippen molar-refractivity contribution in [2.75, 3.05) is 5.32 Å². The largest absolute Gasteiger partial charge is 0.328 e. The number of aromatic amines is 2. The minimum atomic E-state index is -0.492. The molecule has 3 rings (SSSR count). The average Bonchev–Trinajstić information content (AvgIpc) is 3.02. The molecule has 1 aromatic carbocycles. The molecule has 0 saturated heterocycles. The molecule has 0 fully saturated rings. The van der Waals surface area contributed by atoms with E-state index in [1.54, 1.807) is 25.1 Å². The van der Waals surface area contributed by atoms with Crippen molar-refractivity contribution in [3.05, 3.63) is 56.4 Å². The van der Waals surface area contributed by atoms with Gasteiger partial charge in [-0.05, 0) is 31.5 Å². The van der Waals surface area contributed by atoms with Crippen LogP contribution in [0, 0.1) is 0 Å². The molecular formula is C17H19N5O3. The number of nitrogens with zero attached hydrogens (tertiary/aromatic N) is 2. The van der Waals surface area contributed by atoms with E-state index in [1.165, 1.54) is 6.07 Å². The topological polar surface area (TPSA) is 113 Å². The summed E-state index contributed by atoms with van der Waals surface area (Å²) in [5.41, 5.74) is 0.748. The standard InChI is InChI=1S/C17H19N5O3/c1-3-5-11-9-14(21-20-11)19-15(23)10-6-7-12-13(8-10)18-17(25)22(4-2)16(12)24/h6-9H,3-5H2,1-2H3,(H,18,25)(H2,19,20,21,23). The summed E-state index contributed by atoms with van der Waals surface area (Å²) < 4.78 is 1.11. The second-order valence-electron chi connectivity index (χ2n) is 5.72. The molecular weight excluding hydrogens is 322 g/mol. The summed E-state index contributed by atoms with van der Waals surface area (Å²) in [5.74, 6) is 0.0698. The fourth-order valence-corrected chi connectivity index (χ4v) is 2.69. The average molecular weight is 341 g/mol. The number of aryl methyl sites for hydroxylation is 1. The smallest absolute Gasteiger partial charge is 0.307 e. The number of rotatable bonds is 5. The van der Waals surface area contributed by atoms with E-state index in [9.17, 15) is 14.4 Å². The van der Waals surface area contributed by atoms with E-state index in [4.69, 9.17) is 0 Å². The molecule has 0 radical (unpaired) electrons. The van der Waals surface area contributed by atoms with Crippen LogP contribution in [0.25, 0.3) is 10.9 Å². The van der Waals surface area contributed by atoms with E-state index in [1.807, 2.05) is 0 Å². The van der Waals surface area contributed by atoms with Crippen LogP contribution in [0.15, 0.2) is 33.9 Å². The number of amides is 1. The monoisotopic (exact) mass is 341 g/mol. The van der Waals surface area contributed by atoms with Crippen molar-refractivity contribution >= 4 is 22.6 Å². The Morgan fingerprint density at radius 3 is 2.76 bits per heavy atom. The van der Waals surface area contributed by atoms with Gasteiger partial charge in [-0.25, -0.2) is 4.79 Å². The van der Waals surface area contributed by atoms with E-state index in [0.717, 1.165) is 23.1 Å². The molecule has 2 aromatic heterocycles. The second kappa shape index (κ2) is 6.76. The molecule has 1 amide bonds. The highest BCUT2D eigenvalue weighted by atomic mass is 16.2. The van der Waals surface area contributed by atoms with Gasteiger partial charge in [-0.3, -0.25) is 19.3 Å². The van der Waals surface area contributed by atoms with Gasteiger partial charge >= 0.3 is 5.69 Å². The molecule has 0 aliphatic carbocycles. The van der Waals surface area contributed by atoms with Gasteiger partial charge < -0.3 is 10.3 Å². The predicted octanol–water partition coefficient (Wildman–Crippen LogP) is 1.64. The Hall–Kier alpha value is -3.16. The van der Waals surface area contributed by atoms with Gasteiger partial charge in [0.2, 0.25) is 0 Å². The number of carbonyl (C=O) groups is 1. The van der Waals surface area contributed by atoms with Gasteiger partial charge in [-0.15, -0.1) is 0 Å². The third kappa shape index (κ3) is 3.23. The SMILES string of the molecule is CCCc1cc(NC(=O)c2ccc3c(=O)n(CC)c(=O)[nH]c3c2)n[nH]1. The molecule has 0 aliphatic rings. The van der Waals surface area contributed by atoms with Crippen LogP contribution in [-0.4, -0.2) is 25.7 Å². The van der Waals surface area contributed by atoms with Crippen LogP contribution in [0.3, 0.4) is 0 Å². The third-order valence-corrected chi connectivity index (χ3v) is 3.95. The zero-order valence-electron chi connectivity index (χ0n) is 14.0. The highest BCUT2D eigenvalue weighted by molar-refractivity contribution is 6.05. The normalized spacial score (nSPS) is 11.0. The maximum atomic E-state index is 12.4. The fraction of sp³-hybridized carbons (Fsp3) is 0.294. The minimum absolute atomic E-state index is 0.283. The van der Waals surface area contributed by atoms with E-state index in [-0.39, 0.29) is 18.0 Å². The molecule has 3 N–H and O–H groups in total. The second-order valence-corrected chi connectivity index (χ2v) is 5.72. The molecule has 0 saturated carbocycles. The van der Waals surface area contributed by atoms with Crippen molar-refractivity contribution in [2.24, 2.45) is 0 Å². The van der Waals surface area contributed by atoms with Gasteiger partial charge in [0.1, 0.15) is 0 Å². The molecule has 2 heterocycles. The third-order valence-electron chi connectivity index (χ3n) is 3.95. The molecule has 3 aromatic rings. The number of aromatic nitrogens is 4. The number of H-pyrrole nitrogens is 2. The molecule has 0 spiro atoms. The maximum Gasteiger partial charge on any atom is 0.328 e. The molecule has 130 valence electrons. The minimum Gasteiger partial charge on any atom is -0.307 e. The van der Waals surface area contributed by atoms with Gasteiger partial charge in [0.15, 0.2) is 5.82 Å². The first-order chi connectivity index (χ1) is 12.0. The lowest BCUT2D eigenvalue weighted by Crippen LogP contribution is -2.34. The maximum absolute atomic E-state index is 12.4. The number of benzene rings is 1. The van der Waals surface area contributed by atoms with Crippen molar-refractivity contribution in [2.45, 2.75) is 33.2 Å². The van der Waals surface area contributed by atoms with Crippen LogP contribution in [0.2, 0.25) is 0 Å². The Morgan fingerprint density at radius 2 is 2.04 bits per heavy atom. The summed E-state index contributed by atoms with van der Waals surface area (Å²) in [4.78, 5) is 39.2. The summed E-state index contributed by atoms with van der Waals surface area (Å²) >= 11 is 0. The summed E-state index contributed by atoms with van der Waals surface area (Å²) in [7, 11) is 0. The number of anilines is 1. The Kier molecular flexibility index (Phi) is 4.51. The first-order valence-electron chi connectivity index (χ1n) is 8.16. The highest BCUT2D eigenvalue weighted by Crippen LogP contribution is 2.13. The summed E-state index contributed by atoms with van der Waals surface area (Å²) in [5, 5.41) is 9.97. The zero-order valence-corrected chi connectivity index (χ0v) is 14.0. The molecule has 8 nitrogen and oxygen atoms in total. The number of hydrogen-bond donors (Lipinski definition) is 3. The van der Waals surface area contributed by atoms with Gasteiger partial charge in [0.25, 0.3) is 11.5 Å². The molecule has 25 heavy (non-hydrogen) atoms. The predicted molar refractivity (Wildman–Crippen MR) is 95.0 cm³/mol. The van der Waals surface area contributed by atoms with Gasteiger partial charge in [0, 0.05) is 23.9 Å². The van der Waals surface area contributed by atoms with Crippen LogP contribution >= 0.6 is 0 Å². The first kappa shape index (κ1) is 16.7. The Balaban J connectivity index is 1.91. The Bertz CT molecular complexity index is 1040. The summed E-state index contributed by atoms with van der Waals surface area (Å²) in [6.07, 6.45) is 1.83. The molecule has 0 bridgehead atoms. The highest BCUT2D eigenvalue weighted by Gasteiger charge is 2.12. The summed E-state index contributed by atoms with van der Waals surface area (Å²) in [6, 6.07) is 6.37. The van der Waals surface area contributed by atoms with E-state index in [2.05, 4.69) is 27.4 Å². The fourth-order valence-electron chi connectivity index (χ4n) is 2.69. The van der Waals surface area contributed by atoms with Crippen molar-refractivity contribution in [3.8, 4) is 0 Å². The van der Waals surface area contributed by atoms with Gasteiger partial charge in [0.05, 0.1) is 10.9 Å². The van der Waals surface area contributed by atoms with Gasteiger partial charge in [-0.2, -0.15) is 5.10 Å². The Morgan fingerprint density at radius 1 is 1.24 bits per heavy atom. The van der Waals surface area contributed by atoms with Crippen LogP contribution in [0.4, 0.5) is 5.82 Å². The lowest BCUT2D eigenvalue weighted by Gasteiger charge is -2.06. The lowest BCUT2D eigenvalue weighted by molar-refractivity contribution is 0.102. The number of hydrogen-bond acceptors (Lipinski definition) is 4. The van der Waals surface area contributed by atoms with Crippen LogP contribution in [0.1, 0.15) is 36.3 Å².